The molecule has 0 aliphatic rings. The van der Waals surface area contributed by atoms with Gasteiger partial charge in [0.2, 0.25) is 0 Å². The molecule has 0 radical (unpaired) electrons. The van der Waals surface area contributed by atoms with Gasteiger partial charge in [0.05, 0.1) is 22.2 Å². The summed E-state index contributed by atoms with van der Waals surface area (Å²) in [6.07, 6.45) is 8.54. The minimum Gasteiger partial charge on any atom is -0.336 e. The van der Waals surface area contributed by atoms with Crippen molar-refractivity contribution in [1.29, 1.82) is 0 Å². The molecule has 0 spiro atoms. The van der Waals surface area contributed by atoms with E-state index in [1.807, 2.05) is 36.4 Å². The smallest absolute Gasteiger partial charge is 0.161 e. The molecule has 142 valence electrons. The first-order chi connectivity index (χ1) is 14.9. The van der Waals surface area contributed by atoms with E-state index in [0.29, 0.717) is 11.5 Å². The minimum absolute atomic E-state index is 0.659. The van der Waals surface area contributed by atoms with Crippen LogP contribution in [0.4, 0.5) is 0 Å². The Labute approximate surface area is 170 Å². The summed E-state index contributed by atoms with van der Waals surface area (Å²) in [5, 5.41) is 7.52. The van der Waals surface area contributed by atoms with E-state index in [9.17, 15) is 0 Å². The van der Waals surface area contributed by atoms with Gasteiger partial charge in [-0.25, -0.2) is 19.9 Å². The van der Waals surface area contributed by atoms with E-state index in [4.69, 9.17) is 9.97 Å². The summed E-state index contributed by atoms with van der Waals surface area (Å²) in [6, 6.07) is 13.9. The van der Waals surface area contributed by atoms with Crippen LogP contribution in [0.15, 0.2) is 73.6 Å². The number of H-pyrrole nitrogens is 2. The molecule has 8 nitrogen and oxygen atoms in total. The topological polar surface area (TPSA) is 109 Å². The molecule has 0 atom stereocenters. The molecule has 0 aliphatic carbocycles. The SMILES string of the molecule is c1cc(-c2ccncc2)c2nc(-c3n[nH]c4ccc(-c5cncnc5)nc34)[nH]c2c1. The number of nitrogens with zero attached hydrogens (tertiary/aromatic N) is 6. The normalized spacial score (nSPS) is 11.3. The summed E-state index contributed by atoms with van der Waals surface area (Å²) in [5.41, 5.74) is 7.76. The molecule has 6 rings (SSSR count). The van der Waals surface area contributed by atoms with Gasteiger partial charge in [0.25, 0.3) is 0 Å². The number of benzene rings is 1. The van der Waals surface area contributed by atoms with Crippen molar-refractivity contribution in [2.24, 2.45) is 0 Å². The number of imidazole rings is 1. The van der Waals surface area contributed by atoms with Gasteiger partial charge < -0.3 is 4.98 Å². The van der Waals surface area contributed by atoms with Crippen LogP contribution in [-0.2, 0) is 0 Å². The molecule has 0 aliphatic heterocycles. The fourth-order valence-corrected chi connectivity index (χ4v) is 3.56. The third-order valence-corrected chi connectivity index (χ3v) is 4.99. The summed E-state index contributed by atoms with van der Waals surface area (Å²) < 4.78 is 0. The minimum atomic E-state index is 0.659. The number of rotatable bonds is 3. The molecular formula is C22H14N8. The second-order valence-corrected chi connectivity index (χ2v) is 6.82. The lowest BCUT2D eigenvalue weighted by Gasteiger charge is -2.01. The lowest BCUT2D eigenvalue weighted by atomic mass is 10.1. The van der Waals surface area contributed by atoms with E-state index in [1.54, 1.807) is 24.8 Å². The fourth-order valence-electron chi connectivity index (χ4n) is 3.56. The van der Waals surface area contributed by atoms with E-state index in [-0.39, 0.29) is 0 Å². The molecule has 30 heavy (non-hydrogen) atoms. The highest BCUT2D eigenvalue weighted by atomic mass is 15.1. The van der Waals surface area contributed by atoms with E-state index in [2.05, 4.69) is 36.2 Å². The maximum absolute atomic E-state index is 4.86. The summed E-state index contributed by atoms with van der Waals surface area (Å²) in [7, 11) is 0. The Bertz CT molecular complexity index is 1490. The van der Waals surface area contributed by atoms with E-state index in [1.165, 1.54) is 6.33 Å². The fraction of sp³-hybridized carbons (Fsp3) is 0. The Balaban J connectivity index is 1.52. The number of hydrogen-bond acceptors (Lipinski definition) is 6. The average Bonchev–Trinajstić information content (AvgIpc) is 3.43. The molecule has 0 amide bonds. The van der Waals surface area contributed by atoms with Crippen LogP contribution >= 0.6 is 0 Å². The van der Waals surface area contributed by atoms with E-state index < -0.39 is 0 Å². The number of pyridine rings is 2. The van der Waals surface area contributed by atoms with Gasteiger partial charge in [0, 0.05) is 35.9 Å². The lowest BCUT2D eigenvalue weighted by Crippen LogP contribution is -1.88. The molecule has 0 saturated carbocycles. The second kappa shape index (κ2) is 6.56. The van der Waals surface area contributed by atoms with Crippen LogP contribution in [0.2, 0.25) is 0 Å². The molecule has 0 bridgehead atoms. The van der Waals surface area contributed by atoms with Crippen LogP contribution in [0.1, 0.15) is 0 Å². The van der Waals surface area contributed by atoms with Gasteiger partial charge in [0.1, 0.15) is 11.8 Å². The summed E-state index contributed by atoms with van der Waals surface area (Å²) in [6.45, 7) is 0. The van der Waals surface area contributed by atoms with Gasteiger partial charge >= 0.3 is 0 Å². The first-order valence-electron chi connectivity index (χ1n) is 9.37. The van der Waals surface area contributed by atoms with Crippen molar-refractivity contribution in [3.8, 4) is 33.9 Å². The van der Waals surface area contributed by atoms with Crippen LogP contribution in [0.3, 0.4) is 0 Å². The van der Waals surface area contributed by atoms with Crippen molar-refractivity contribution in [2.75, 3.05) is 0 Å². The van der Waals surface area contributed by atoms with E-state index in [0.717, 1.165) is 44.5 Å². The summed E-state index contributed by atoms with van der Waals surface area (Å²) in [4.78, 5) is 25.3. The van der Waals surface area contributed by atoms with Gasteiger partial charge in [-0.05, 0) is 35.9 Å². The largest absolute Gasteiger partial charge is 0.336 e. The number of fused-ring (bicyclic) bond motifs is 2. The molecule has 0 saturated heterocycles. The zero-order chi connectivity index (χ0) is 19.9. The molecule has 2 N–H and O–H groups in total. The van der Waals surface area contributed by atoms with Gasteiger partial charge in [-0.3, -0.25) is 10.1 Å². The quantitative estimate of drug-likeness (QED) is 0.472. The van der Waals surface area contributed by atoms with Crippen LogP contribution in [-0.4, -0.2) is 40.1 Å². The highest BCUT2D eigenvalue weighted by molar-refractivity contribution is 5.96. The van der Waals surface area contributed by atoms with Gasteiger partial charge in [-0.1, -0.05) is 12.1 Å². The zero-order valence-corrected chi connectivity index (χ0v) is 15.6. The number of aromatic amines is 2. The monoisotopic (exact) mass is 390 g/mol. The molecule has 5 heterocycles. The molecule has 0 fully saturated rings. The van der Waals surface area contributed by atoms with Gasteiger partial charge in [0.15, 0.2) is 11.5 Å². The zero-order valence-electron chi connectivity index (χ0n) is 15.6. The predicted octanol–water partition coefficient (Wildman–Crippen LogP) is 4.02. The predicted molar refractivity (Wildman–Crippen MR) is 113 cm³/mol. The van der Waals surface area contributed by atoms with E-state index >= 15 is 0 Å². The van der Waals surface area contributed by atoms with Crippen LogP contribution in [0, 0.1) is 0 Å². The molecular weight excluding hydrogens is 376 g/mol. The Hall–Kier alpha value is -4.46. The highest BCUT2D eigenvalue weighted by Gasteiger charge is 2.16. The van der Waals surface area contributed by atoms with Gasteiger partial charge in [-0.2, -0.15) is 5.10 Å². The third kappa shape index (κ3) is 2.62. The third-order valence-electron chi connectivity index (χ3n) is 4.99. The Morgan fingerprint density at radius 1 is 0.700 bits per heavy atom. The van der Waals surface area contributed by atoms with Crippen LogP contribution in [0.25, 0.3) is 56.0 Å². The van der Waals surface area contributed by atoms with Crippen molar-refractivity contribution >= 4 is 22.1 Å². The maximum atomic E-state index is 4.86. The van der Waals surface area contributed by atoms with Crippen molar-refractivity contribution in [3.63, 3.8) is 0 Å². The van der Waals surface area contributed by atoms with Crippen molar-refractivity contribution in [3.05, 3.63) is 73.6 Å². The van der Waals surface area contributed by atoms with Crippen molar-refractivity contribution in [1.82, 2.24) is 40.1 Å². The standard InChI is InChI=1S/C22H14N8/c1-2-15(13-6-8-23-9-7-13)19-17(3-1)27-22(28-19)21-20-18(29-30-21)5-4-16(26-20)14-10-24-12-25-11-14/h1-12H,(H,27,28)(H,29,30). The molecule has 0 unspecified atom stereocenters. The number of nitrogens with one attached hydrogen (secondary N) is 2. The summed E-state index contributed by atoms with van der Waals surface area (Å²) >= 11 is 0. The van der Waals surface area contributed by atoms with Crippen LogP contribution < -0.4 is 0 Å². The Morgan fingerprint density at radius 3 is 2.43 bits per heavy atom. The van der Waals surface area contributed by atoms with Crippen molar-refractivity contribution in [2.45, 2.75) is 0 Å². The van der Waals surface area contributed by atoms with Crippen molar-refractivity contribution < 1.29 is 0 Å². The Morgan fingerprint density at radius 2 is 1.57 bits per heavy atom. The van der Waals surface area contributed by atoms with Crippen LogP contribution in [0.5, 0.6) is 0 Å². The maximum Gasteiger partial charge on any atom is 0.161 e. The number of hydrogen-bond donors (Lipinski definition) is 2. The Kier molecular flexibility index (Phi) is 3.60. The average molecular weight is 390 g/mol. The molecule has 5 aromatic heterocycles. The molecule has 8 heteroatoms. The van der Waals surface area contributed by atoms with Gasteiger partial charge in [-0.15, -0.1) is 0 Å². The number of para-hydroxylation sites is 1. The lowest BCUT2D eigenvalue weighted by molar-refractivity contribution is 1.10. The second-order valence-electron chi connectivity index (χ2n) is 6.82. The number of aromatic nitrogens is 8. The molecule has 1 aromatic carbocycles. The highest BCUT2D eigenvalue weighted by Crippen LogP contribution is 2.31. The first-order valence-corrected chi connectivity index (χ1v) is 9.37. The first kappa shape index (κ1) is 16.5. The molecule has 6 aromatic rings. The summed E-state index contributed by atoms with van der Waals surface area (Å²) in [5.74, 6) is 0.659.